The van der Waals surface area contributed by atoms with Crippen molar-refractivity contribution in [2.45, 2.75) is 31.8 Å². The maximum absolute atomic E-state index is 13.2. The van der Waals surface area contributed by atoms with E-state index in [4.69, 9.17) is 9.47 Å². The highest BCUT2D eigenvalue weighted by Crippen LogP contribution is 2.31. The minimum absolute atomic E-state index is 0.0810. The van der Waals surface area contributed by atoms with Crippen LogP contribution in [0.1, 0.15) is 29.9 Å². The fourth-order valence-corrected chi connectivity index (χ4v) is 5.15. The first-order chi connectivity index (χ1) is 16.3. The number of ether oxygens (including phenoxy) is 2. The van der Waals surface area contributed by atoms with Crippen LogP contribution < -0.4 is 10.1 Å². The first kappa shape index (κ1) is 23.9. The van der Waals surface area contributed by atoms with Crippen LogP contribution in [0.5, 0.6) is 5.75 Å². The summed E-state index contributed by atoms with van der Waals surface area (Å²) in [5.74, 6) is -0.0217. The van der Waals surface area contributed by atoms with Crippen molar-refractivity contribution >= 4 is 21.6 Å². The second-order valence-electron chi connectivity index (χ2n) is 8.19. The van der Waals surface area contributed by atoms with Gasteiger partial charge in [-0.3, -0.25) is 4.79 Å². The number of para-hydroxylation sites is 1. The van der Waals surface area contributed by atoms with Gasteiger partial charge in [0.25, 0.3) is 5.91 Å². The van der Waals surface area contributed by atoms with Gasteiger partial charge in [-0.25, -0.2) is 13.1 Å². The molecule has 1 aliphatic rings. The topological polar surface area (TPSA) is 103 Å². The molecule has 1 amide bonds. The number of hydrogen-bond acceptors (Lipinski definition) is 6. The van der Waals surface area contributed by atoms with Gasteiger partial charge >= 0.3 is 0 Å². The number of nitrogens with one attached hydrogen (secondary N) is 1. The van der Waals surface area contributed by atoms with Crippen LogP contribution in [0.3, 0.4) is 0 Å². The van der Waals surface area contributed by atoms with Crippen LogP contribution in [0.4, 0.5) is 5.69 Å². The summed E-state index contributed by atoms with van der Waals surface area (Å²) in [6.45, 7) is 6.79. The molecule has 10 heteroatoms. The van der Waals surface area contributed by atoms with Crippen molar-refractivity contribution in [2.24, 2.45) is 0 Å². The Morgan fingerprint density at radius 2 is 1.82 bits per heavy atom. The number of carbonyl (C=O) groups is 1. The molecule has 0 saturated carbocycles. The van der Waals surface area contributed by atoms with Crippen LogP contribution in [0, 0.1) is 6.92 Å². The standard InChI is InChI=1S/C24H28N4O5S/c1-17(2)33-23-10-9-20(34(30,31)27-11-13-32-14-12-27)15-22(23)26-24(29)21-16-25-28(18(21)3)19-7-5-4-6-8-19/h4-10,15-17H,11-14H2,1-3H3,(H,26,29). The Balaban J connectivity index is 1.65. The molecule has 180 valence electrons. The zero-order valence-corrected chi connectivity index (χ0v) is 20.2. The van der Waals surface area contributed by atoms with Crippen molar-refractivity contribution in [3.05, 3.63) is 66.0 Å². The predicted octanol–water partition coefficient (Wildman–Crippen LogP) is 3.24. The monoisotopic (exact) mass is 484 g/mol. The summed E-state index contributed by atoms with van der Waals surface area (Å²) < 4.78 is 40.5. The van der Waals surface area contributed by atoms with Crippen LogP contribution in [0.15, 0.2) is 59.6 Å². The highest BCUT2D eigenvalue weighted by Gasteiger charge is 2.28. The summed E-state index contributed by atoms with van der Waals surface area (Å²) in [7, 11) is -3.74. The van der Waals surface area contributed by atoms with E-state index in [2.05, 4.69) is 10.4 Å². The number of amides is 1. The Labute approximate surface area is 199 Å². The third kappa shape index (κ3) is 4.98. The molecule has 0 atom stereocenters. The number of aromatic nitrogens is 2. The van der Waals surface area contributed by atoms with Gasteiger partial charge in [-0.15, -0.1) is 0 Å². The second kappa shape index (κ2) is 9.96. The van der Waals surface area contributed by atoms with Gasteiger partial charge in [0.05, 0.1) is 53.0 Å². The third-order valence-electron chi connectivity index (χ3n) is 5.42. The second-order valence-corrected chi connectivity index (χ2v) is 10.1. The first-order valence-corrected chi connectivity index (χ1v) is 12.5. The Morgan fingerprint density at radius 1 is 1.12 bits per heavy atom. The minimum Gasteiger partial charge on any atom is -0.489 e. The Kier molecular flexibility index (Phi) is 7.01. The molecule has 34 heavy (non-hydrogen) atoms. The molecular weight excluding hydrogens is 456 g/mol. The van der Waals surface area contributed by atoms with Crippen LogP contribution in [0.25, 0.3) is 5.69 Å². The molecule has 0 aliphatic carbocycles. The van der Waals surface area contributed by atoms with E-state index in [1.807, 2.05) is 44.2 Å². The largest absolute Gasteiger partial charge is 0.489 e. The number of rotatable bonds is 7. The van der Waals surface area contributed by atoms with Crippen molar-refractivity contribution in [1.29, 1.82) is 0 Å². The molecule has 0 unspecified atom stereocenters. The normalized spacial score (nSPS) is 14.8. The van der Waals surface area contributed by atoms with E-state index in [-0.39, 0.29) is 29.8 Å². The summed E-state index contributed by atoms with van der Waals surface area (Å²) >= 11 is 0. The van der Waals surface area contributed by atoms with Gasteiger partial charge < -0.3 is 14.8 Å². The summed E-state index contributed by atoms with van der Waals surface area (Å²) in [5.41, 5.74) is 2.15. The van der Waals surface area contributed by atoms with Crippen molar-refractivity contribution < 1.29 is 22.7 Å². The van der Waals surface area contributed by atoms with Gasteiger partial charge in [0, 0.05) is 13.1 Å². The van der Waals surface area contributed by atoms with Crippen LogP contribution >= 0.6 is 0 Å². The smallest absolute Gasteiger partial charge is 0.259 e. The highest BCUT2D eigenvalue weighted by atomic mass is 32.2. The molecule has 9 nitrogen and oxygen atoms in total. The number of benzene rings is 2. The molecule has 2 aromatic carbocycles. The van der Waals surface area contributed by atoms with Crippen molar-refractivity contribution in [1.82, 2.24) is 14.1 Å². The molecule has 1 aromatic heterocycles. The van der Waals surface area contributed by atoms with E-state index in [1.165, 1.54) is 22.6 Å². The summed E-state index contributed by atoms with van der Waals surface area (Å²) in [6.07, 6.45) is 1.33. The summed E-state index contributed by atoms with van der Waals surface area (Å²) in [6, 6.07) is 14.0. The lowest BCUT2D eigenvalue weighted by Crippen LogP contribution is -2.40. The van der Waals surface area contributed by atoms with Crippen molar-refractivity contribution in [3.8, 4) is 11.4 Å². The van der Waals surface area contributed by atoms with E-state index < -0.39 is 15.9 Å². The number of sulfonamides is 1. The first-order valence-electron chi connectivity index (χ1n) is 11.1. The van der Waals surface area contributed by atoms with Gasteiger partial charge in [0.15, 0.2) is 0 Å². The lowest BCUT2D eigenvalue weighted by atomic mass is 10.2. The fraction of sp³-hybridized carbons (Fsp3) is 0.333. The molecule has 4 rings (SSSR count). The van der Waals surface area contributed by atoms with Crippen molar-refractivity contribution in [2.75, 3.05) is 31.6 Å². The van der Waals surface area contributed by atoms with Gasteiger partial charge in [-0.05, 0) is 51.1 Å². The van der Waals surface area contributed by atoms with E-state index in [1.54, 1.807) is 17.7 Å². The maximum Gasteiger partial charge on any atom is 0.259 e. The van der Waals surface area contributed by atoms with Crippen LogP contribution in [0.2, 0.25) is 0 Å². The Morgan fingerprint density at radius 3 is 2.50 bits per heavy atom. The van der Waals surface area contributed by atoms with E-state index in [0.29, 0.717) is 30.2 Å². The lowest BCUT2D eigenvalue weighted by Gasteiger charge is -2.26. The van der Waals surface area contributed by atoms with E-state index in [0.717, 1.165) is 5.69 Å². The van der Waals surface area contributed by atoms with Gasteiger partial charge in [0.1, 0.15) is 5.75 Å². The predicted molar refractivity (Wildman–Crippen MR) is 128 cm³/mol. The molecule has 1 saturated heterocycles. The average molecular weight is 485 g/mol. The molecular formula is C24H28N4O5S. The lowest BCUT2D eigenvalue weighted by molar-refractivity contribution is 0.0730. The zero-order valence-electron chi connectivity index (χ0n) is 19.4. The van der Waals surface area contributed by atoms with Gasteiger partial charge in [0.2, 0.25) is 10.0 Å². The fourth-order valence-electron chi connectivity index (χ4n) is 3.71. The number of carbonyl (C=O) groups excluding carboxylic acids is 1. The highest BCUT2D eigenvalue weighted by molar-refractivity contribution is 7.89. The molecule has 3 aromatic rings. The molecule has 0 bridgehead atoms. The third-order valence-corrected chi connectivity index (χ3v) is 7.32. The van der Waals surface area contributed by atoms with E-state index in [9.17, 15) is 13.2 Å². The maximum atomic E-state index is 13.2. The SMILES string of the molecule is Cc1c(C(=O)Nc2cc(S(=O)(=O)N3CCOCC3)ccc2OC(C)C)cnn1-c1ccccc1. The Bertz CT molecular complexity index is 1270. The minimum atomic E-state index is -3.74. The molecule has 2 heterocycles. The van der Waals surface area contributed by atoms with Gasteiger partial charge in [-0.2, -0.15) is 9.40 Å². The number of nitrogens with zero attached hydrogens (tertiary/aromatic N) is 3. The average Bonchev–Trinajstić information content (AvgIpc) is 3.22. The molecule has 1 fully saturated rings. The summed E-state index contributed by atoms with van der Waals surface area (Å²) in [4.78, 5) is 13.3. The number of anilines is 1. The quantitative estimate of drug-likeness (QED) is 0.552. The summed E-state index contributed by atoms with van der Waals surface area (Å²) in [5, 5.41) is 7.18. The molecule has 0 spiro atoms. The van der Waals surface area contributed by atoms with Crippen LogP contribution in [-0.4, -0.2) is 60.8 Å². The number of hydrogen-bond donors (Lipinski definition) is 1. The Hall–Kier alpha value is -3.21. The molecule has 0 radical (unpaired) electrons. The van der Waals surface area contributed by atoms with E-state index >= 15 is 0 Å². The van der Waals surface area contributed by atoms with Crippen LogP contribution in [-0.2, 0) is 14.8 Å². The van der Waals surface area contributed by atoms with Gasteiger partial charge in [-0.1, -0.05) is 18.2 Å². The molecule has 1 N–H and O–H groups in total. The number of morpholine rings is 1. The molecule has 1 aliphatic heterocycles. The zero-order chi connectivity index (χ0) is 24.3. The van der Waals surface area contributed by atoms with Crippen molar-refractivity contribution in [3.63, 3.8) is 0 Å².